The molecule has 0 spiro atoms. The lowest BCUT2D eigenvalue weighted by Crippen LogP contribution is -1.99. The maximum Gasteiger partial charge on any atom is 0.328 e. The average molecular weight is 186 g/mol. The fourth-order valence-corrected chi connectivity index (χ4v) is 0.661. The van der Waals surface area contributed by atoms with Crippen molar-refractivity contribution < 1.29 is 24.6 Å². The predicted octanol–water partition coefficient (Wildman–Crippen LogP) is 0.451. The molecule has 72 valence electrons. The SMILES string of the molecule is O=C(O)C=CC(=O)CCCC(=O)O. The van der Waals surface area contributed by atoms with Gasteiger partial charge in [-0.1, -0.05) is 0 Å². The molecule has 13 heavy (non-hydrogen) atoms. The molecular weight excluding hydrogens is 176 g/mol. The third kappa shape index (κ3) is 8.25. The Kier molecular flexibility index (Phi) is 5.18. The number of carbonyl (C=O) groups is 3. The van der Waals surface area contributed by atoms with Crippen LogP contribution in [0.15, 0.2) is 12.2 Å². The van der Waals surface area contributed by atoms with Gasteiger partial charge in [-0.25, -0.2) is 4.79 Å². The van der Waals surface area contributed by atoms with Crippen LogP contribution in [0.4, 0.5) is 0 Å². The first-order valence-corrected chi connectivity index (χ1v) is 3.68. The summed E-state index contributed by atoms with van der Waals surface area (Å²) in [5, 5.41) is 16.4. The second kappa shape index (κ2) is 5.93. The highest BCUT2D eigenvalue weighted by molar-refractivity contribution is 5.95. The summed E-state index contributed by atoms with van der Waals surface area (Å²) in [6, 6.07) is 0. The first-order chi connectivity index (χ1) is 6.02. The molecule has 5 nitrogen and oxygen atoms in total. The molecule has 0 rings (SSSR count). The topological polar surface area (TPSA) is 91.7 Å². The van der Waals surface area contributed by atoms with E-state index >= 15 is 0 Å². The van der Waals surface area contributed by atoms with Crippen LogP contribution in [0.2, 0.25) is 0 Å². The van der Waals surface area contributed by atoms with Gasteiger partial charge in [0.05, 0.1) is 0 Å². The molecule has 5 heteroatoms. The van der Waals surface area contributed by atoms with Crippen molar-refractivity contribution in [2.24, 2.45) is 0 Å². The zero-order valence-electron chi connectivity index (χ0n) is 6.90. The minimum atomic E-state index is -1.19. The molecule has 0 heterocycles. The predicted molar refractivity (Wildman–Crippen MR) is 43.3 cm³/mol. The molecule has 0 saturated heterocycles. The van der Waals surface area contributed by atoms with Gasteiger partial charge in [0.2, 0.25) is 0 Å². The second-order valence-corrected chi connectivity index (χ2v) is 2.39. The molecule has 0 fully saturated rings. The van der Waals surface area contributed by atoms with E-state index in [0.717, 1.165) is 12.2 Å². The first-order valence-electron chi connectivity index (χ1n) is 3.68. The van der Waals surface area contributed by atoms with Crippen molar-refractivity contribution in [3.63, 3.8) is 0 Å². The van der Waals surface area contributed by atoms with Crippen LogP contribution in [-0.4, -0.2) is 27.9 Å². The van der Waals surface area contributed by atoms with E-state index in [1.165, 1.54) is 0 Å². The van der Waals surface area contributed by atoms with Crippen molar-refractivity contribution in [1.29, 1.82) is 0 Å². The van der Waals surface area contributed by atoms with Gasteiger partial charge < -0.3 is 10.2 Å². The maximum absolute atomic E-state index is 10.8. The average Bonchev–Trinajstić information content (AvgIpc) is 2.00. The lowest BCUT2D eigenvalue weighted by atomic mass is 10.1. The van der Waals surface area contributed by atoms with Crippen LogP contribution < -0.4 is 0 Å². The number of hydrogen-bond acceptors (Lipinski definition) is 3. The third-order valence-corrected chi connectivity index (χ3v) is 1.23. The summed E-state index contributed by atoms with van der Waals surface area (Å²) in [6.07, 6.45) is 1.90. The molecule has 0 amide bonds. The summed E-state index contributed by atoms with van der Waals surface area (Å²) in [4.78, 5) is 30.8. The number of allylic oxidation sites excluding steroid dienone is 1. The van der Waals surface area contributed by atoms with E-state index in [0.29, 0.717) is 0 Å². The van der Waals surface area contributed by atoms with Gasteiger partial charge in [-0.05, 0) is 12.5 Å². The van der Waals surface area contributed by atoms with E-state index in [1.54, 1.807) is 0 Å². The zero-order valence-corrected chi connectivity index (χ0v) is 6.90. The Balaban J connectivity index is 3.64. The van der Waals surface area contributed by atoms with E-state index in [-0.39, 0.29) is 25.0 Å². The quantitative estimate of drug-likeness (QED) is 0.587. The van der Waals surface area contributed by atoms with Crippen molar-refractivity contribution in [3.05, 3.63) is 12.2 Å². The fourth-order valence-electron chi connectivity index (χ4n) is 0.661. The summed E-state index contributed by atoms with van der Waals surface area (Å²) < 4.78 is 0. The number of carboxylic acids is 2. The number of rotatable bonds is 6. The highest BCUT2D eigenvalue weighted by Crippen LogP contribution is 1.97. The fraction of sp³-hybridized carbons (Fsp3) is 0.375. The first kappa shape index (κ1) is 11.4. The molecule has 0 unspecified atom stereocenters. The van der Waals surface area contributed by atoms with Crippen LogP contribution in [0.3, 0.4) is 0 Å². The van der Waals surface area contributed by atoms with E-state index in [1.807, 2.05) is 0 Å². The number of hydrogen-bond donors (Lipinski definition) is 2. The molecule has 0 aliphatic carbocycles. The Morgan fingerprint density at radius 1 is 1.00 bits per heavy atom. The molecule has 0 radical (unpaired) electrons. The molecular formula is C8H10O5. The summed E-state index contributed by atoms with van der Waals surface area (Å²) in [7, 11) is 0. The van der Waals surface area contributed by atoms with Crippen LogP contribution in [-0.2, 0) is 14.4 Å². The maximum atomic E-state index is 10.8. The van der Waals surface area contributed by atoms with Crippen molar-refractivity contribution in [2.75, 3.05) is 0 Å². The van der Waals surface area contributed by atoms with Gasteiger partial charge in [0.1, 0.15) is 0 Å². The molecule has 0 aliphatic heterocycles. The number of aliphatic carboxylic acids is 2. The Labute approximate surface area is 74.7 Å². The van der Waals surface area contributed by atoms with E-state index in [4.69, 9.17) is 10.2 Å². The lowest BCUT2D eigenvalue weighted by molar-refractivity contribution is -0.137. The zero-order chi connectivity index (χ0) is 10.3. The molecule has 2 N–H and O–H groups in total. The molecule has 0 aromatic heterocycles. The molecule has 0 aromatic carbocycles. The third-order valence-electron chi connectivity index (χ3n) is 1.23. The molecule has 0 aromatic rings. The van der Waals surface area contributed by atoms with Gasteiger partial charge >= 0.3 is 11.9 Å². The lowest BCUT2D eigenvalue weighted by Gasteiger charge is -1.91. The van der Waals surface area contributed by atoms with Gasteiger partial charge in [-0.2, -0.15) is 0 Å². The van der Waals surface area contributed by atoms with Crippen molar-refractivity contribution in [3.8, 4) is 0 Å². The largest absolute Gasteiger partial charge is 0.481 e. The Morgan fingerprint density at radius 2 is 1.62 bits per heavy atom. The highest BCUT2D eigenvalue weighted by Gasteiger charge is 2.01. The Bertz CT molecular complexity index is 241. The second-order valence-electron chi connectivity index (χ2n) is 2.39. The van der Waals surface area contributed by atoms with Gasteiger partial charge in [0.15, 0.2) is 5.78 Å². The Hall–Kier alpha value is -1.65. The molecule has 0 aliphatic rings. The van der Waals surface area contributed by atoms with Crippen LogP contribution in [0.1, 0.15) is 19.3 Å². The van der Waals surface area contributed by atoms with Crippen LogP contribution in [0.5, 0.6) is 0 Å². The smallest absolute Gasteiger partial charge is 0.328 e. The van der Waals surface area contributed by atoms with Crippen molar-refractivity contribution >= 4 is 17.7 Å². The summed E-state index contributed by atoms with van der Waals surface area (Å²) in [5.41, 5.74) is 0. The molecule has 0 bridgehead atoms. The van der Waals surface area contributed by atoms with Gasteiger partial charge in [0.25, 0.3) is 0 Å². The van der Waals surface area contributed by atoms with Gasteiger partial charge in [-0.15, -0.1) is 0 Å². The van der Waals surface area contributed by atoms with E-state index < -0.39 is 11.9 Å². The van der Waals surface area contributed by atoms with Crippen molar-refractivity contribution in [2.45, 2.75) is 19.3 Å². The minimum absolute atomic E-state index is 0.0656. The van der Waals surface area contributed by atoms with E-state index in [2.05, 4.69) is 0 Å². The number of ketones is 1. The van der Waals surface area contributed by atoms with Gasteiger partial charge in [-0.3, -0.25) is 9.59 Å². The Morgan fingerprint density at radius 3 is 2.08 bits per heavy atom. The van der Waals surface area contributed by atoms with Gasteiger partial charge in [0, 0.05) is 18.9 Å². The summed E-state index contributed by atoms with van der Waals surface area (Å²) >= 11 is 0. The number of carbonyl (C=O) groups excluding carboxylic acids is 1. The normalized spacial score (nSPS) is 10.2. The van der Waals surface area contributed by atoms with Crippen molar-refractivity contribution in [1.82, 2.24) is 0 Å². The summed E-state index contributed by atoms with van der Waals surface area (Å²) in [5.74, 6) is -2.52. The van der Waals surface area contributed by atoms with Crippen LogP contribution >= 0.6 is 0 Å². The van der Waals surface area contributed by atoms with E-state index in [9.17, 15) is 14.4 Å². The number of carboxylic acid groups (broad SMARTS) is 2. The molecule has 0 atom stereocenters. The summed E-state index contributed by atoms with van der Waals surface area (Å²) in [6.45, 7) is 0. The molecule has 0 saturated carbocycles. The van der Waals surface area contributed by atoms with Crippen LogP contribution in [0, 0.1) is 0 Å². The van der Waals surface area contributed by atoms with Crippen LogP contribution in [0.25, 0.3) is 0 Å². The standard InChI is InChI=1S/C8H10O5/c9-6(4-5-8(12)13)2-1-3-7(10)11/h4-5H,1-3H2,(H,10,11)(H,12,13). The monoisotopic (exact) mass is 186 g/mol. The highest BCUT2D eigenvalue weighted by atomic mass is 16.4. The minimum Gasteiger partial charge on any atom is -0.481 e.